The molecule has 1 unspecified atom stereocenters. The van der Waals surface area contributed by atoms with Gasteiger partial charge in [0, 0.05) is 5.56 Å². The molecule has 1 aromatic carbocycles. The van der Waals surface area contributed by atoms with E-state index < -0.39 is 6.10 Å². The average molecular weight is 311 g/mol. The molecule has 3 nitrogen and oxygen atoms in total. The van der Waals surface area contributed by atoms with Gasteiger partial charge in [-0.25, -0.2) is 0 Å². The zero-order chi connectivity index (χ0) is 13.1. The van der Waals surface area contributed by atoms with Gasteiger partial charge in [0.25, 0.3) is 0 Å². The van der Waals surface area contributed by atoms with E-state index in [1.54, 1.807) is 6.07 Å². The minimum atomic E-state index is -0.728. The second-order valence-electron chi connectivity index (χ2n) is 4.29. The van der Waals surface area contributed by atoms with Crippen LogP contribution in [0.15, 0.2) is 45.7 Å². The van der Waals surface area contributed by atoms with E-state index in [1.165, 1.54) is 6.26 Å². The van der Waals surface area contributed by atoms with Crippen LogP contribution >= 0.6 is 15.9 Å². The first-order valence-corrected chi connectivity index (χ1v) is 6.55. The maximum atomic E-state index is 10.3. The molecule has 96 valence electrons. The van der Waals surface area contributed by atoms with Gasteiger partial charge in [0.1, 0.15) is 11.9 Å². The van der Waals surface area contributed by atoms with E-state index >= 15 is 0 Å². The van der Waals surface area contributed by atoms with E-state index in [1.807, 2.05) is 38.1 Å². The third-order valence-corrected chi connectivity index (χ3v) is 3.13. The lowest BCUT2D eigenvalue weighted by atomic mass is 10.0. The molecule has 4 heteroatoms. The molecule has 1 N–H and O–H groups in total. The van der Waals surface area contributed by atoms with Crippen LogP contribution < -0.4 is 4.74 Å². The zero-order valence-corrected chi connectivity index (χ0v) is 11.8. The van der Waals surface area contributed by atoms with Gasteiger partial charge in [-0.1, -0.05) is 12.1 Å². The van der Waals surface area contributed by atoms with E-state index in [0.29, 0.717) is 10.2 Å². The molecular weight excluding hydrogens is 296 g/mol. The number of hydrogen-bond donors (Lipinski definition) is 1. The molecule has 0 saturated carbocycles. The first-order chi connectivity index (χ1) is 8.58. The number of ether oxygens (including phenoxy) is 1. The molecule has 2 aromatic rings. The summed E-state index contributed by atoms with van der Waals surface area (Å²) in [4.78, 5) is 0. The Bertz CT molecular complexity index is 519. The Labute approximate surface area is 115 Å². The second-order valence-corrected chi connectivity index (χ2v) is 5.01. The topological polar surface area (TPSA) is 42.6 Å². The summed E-state index contributed by atoms with van der Waals surface area (Å²) < 4.78 is 11.3. The van der Waals surface area contributed by atoms with Crippen molar-refractivity contribution < 1.29 is 14.3 Å². The van der Waals surface area contributed by atoms with E-state index in [-0.39, 0.29) is 6.10 Å². The number of aliphatic hydroxyl groups is 1. The molecule has 0 fully saturated rings. The van der Waals surface area contributed by atoms with Crippen LogP contribution in [0, 0.1) is 0 Å². The molecule has 0 radical (unpaired) electrons. The molecule has 0 saturated heterocycles. The fourth-order valence-corrected chi connectivity index (χ4v) is 2.17. The van der Waals surface area contributed by atoms with Crippen molar-refractivity contribution in [2.75, 3.05) is 0 Å². The van der Waals surface area contributed by atoms with Gasteiger partial charge in [0.15, 0.2) is 4.67 Å². The molecule has 0 bridgehead atoms. The highest BCUT2D eigenvalue weighted by atomic mass is 79.9. The quantitative estimate of drug-likeness (QED) is 0.931. The summed E-state index contributed by atoms with van der Waals surface area (Å²) in [5.74, 6) is 0.751. The number of rotatable bonds is 4. The maximum Gasteiger partial charge on any atom is 0.175 e. The molecule has 0 spiro atoms. The SMILES string of the molecule is CC(C)Oc1cccc(C(O)c2ccoc2Br)c1. The number of furan rings is 1. The summed E-state index contributed by atoms with van der Waals surface area (Å²) in [7, 11) is 0. The summed E-state index contributed by atoms with van der Waals surface area (Å²) in [5, 5.41) is 10.3. The first kappa shape index (κ1) is 13.2. The second kappa shape index (κ2) is 5.59. The highest BCUT2D eigenvalue weighted by Crippen LogP contribution is 2.30. The van der Waals surface area contributed by atoms with E-state index in [2.05, 4.69) is 15.9 Å². The van der Waals surface area contributed by atoms with Crippen molar-refractivity contribution >= 4 is 15.9 Å². The molecule has 18 heavy (non-hydrogen) atoms. The Hall–Kier alpha value is -1.26. The minimum Gasteiger partial charge on any atom is -0.491 e. The number of hydrogen-bond acceptors (Lipinski definition) is 3. The van der Waals surface area contributed by atoms with Gasteiger partial charge in [-0.3, -0.25) is 0 Å². The van der Waals surface area contributed by atoms with Gasteiger partial charge in [0.05, 0.1) is 12.4 Å². The Balaban J connectivity index is 2.25. The van der Waals surface area contributed by atoms with Crippen molar-refractivity contribution in [3.05, 3.63) is 52.4 Å². The number of aliphatic hydroxyl groups excluding tert-OH is 1. The highest BCUT2D eigenvalue weighted by molar-refractivity contribution is 9.10. The Morgan fingerprint density at radius 3 is 2.67 bits per heavy atom. The van der Waals surface area contributed by atoms with Crippen molar-refractivity contribution in [2.24, 2.45) is 0 Å². The van der Waals surface area contributed by atoms with Crippen LogP contribution in [0.3, 0.4) is 0 Å². The normalized spacial score (nSPS) is 12.7. The third-order valence-electron chi connectivity index (χ3n) is 2.49. The van der Waals surface area contributed by atoms with Crippen LogP contribution in [0.4, 0.5) is 0 Å². The monoisotopic (exact) mass is 310 g/mol. The molecule has 0 aliphatic rings. The molecule has 0 amide bonds. The van der Waals surface area contributed by atoms with Crippen LogP contribution in [0.2, 0.25) is 0 Å². The van der Waals surface area contributed by atoms with Crippen molar-refractivity contribution in [3.63, 3.8) is 0 Å². The third kappa shape index (κ3) is 2.94. The largest absolute Gasteiger partial charge is 0.491 e. The van der Waals surface area contributed by atoms with Gasteiger partial charge in [-0.15, -0.1) is 0 Å². The van der Waals surface area contributed by atoms with Crippen LogP contribution in [-0.4, -0.2) is 11.2 Å². The van der Waals surface area contributed by atoms with E-state index in [4.69, 9.17) is 9.15 Å². The Kier molecular flexibility index (Phi) is 4.09. The van der Waals surface area contributed by atoms with Gasteiger partial charge in [-0.05, 0) is 53.5 Å². The van der Waals surface area contributed by atoms with Crippen molar-refractivity contribution in [1.29, 1.82) is 0 Å². The molecular formula is C14H15BrO3. The standard InChI is InChI=1S/C14H15BrO3/c1-9(2)18-11-5-3-4-10(8-11)13(16)12-6-7-17-14(12)15/h3-9,13,16H,1-2H3. The molecule has 0 aliphatic heterocycles. The summed E-state index contributed by atoms with van der Waals surface area (Å²) >= 11 is 3.27. The summed E-state index contributed by atoms with van der Waals surface area (Å²) in [6.45, 7) is 3.94. The van der Waals surface area contributed by atoms with Crippen molar-refractivity contribution in [1.82, 2.24) is 0 Å². The van der Waals surface area contributed by atoms with Crippen LogP contribution in [0.25, 0.3) is 0 Å². The highest BCUT2D eigenvalue weighted by Gasteiger charge is 2.16. The molecule has 2 rings (SSSR count). The van der Waals surface area contributed by atoms with E-state index in [0.717, 1.165) is 11.3 Å². The van der Waals surface area contributed by atoms with Crippen LogP contribution in [-0.2, 0) is 0 Å². The fraction of sp³-hybridized carbons (Fsp3) is 0.286. The Morgan fingerprint density at radius 1 is 1.28 bits per heavy atom. The smallest absolute Gasteiger partial charge is 0.175 e. The first-order valence-electron chi connectivity index (χ1n) is 5.75. The molecule has 1 aromatic heterocycles. The van der Waals surface area contributed by atoms with Crippen molar-refractivity contribution in [2.45, 2.75) is 26.1 Å². The lowest BCUT2D eigenvalue weighted by Crippen LogP contribution is -2.06. The summed E-state index contributed by atoms with van der Waals surface area (Å²) in [6.07, 6.45) is 0.920. The summed E-state index contributed by atoms with van der Waals surface area (Å²) in [6, 6.07) is 9.18. The van der Waals surface area contributed by atoms with Gasteiger partial charge in [-0.2, -0.15) is 0 Å². The predicted octanol–water partition coefficient (Wildman–Crippen LogP) is 3.91. The molecule has 1 atom stereocenters. The van der Waals surface area contributed by atoms with Gasteiger partial charge in [0.2, 0.25) is 0 Å². The average Bonchev–Trinajstić information content (AvgIpc) is 2.74. The predicted molar refractivity (Wildman–Crippen MR) is 72.7 cm³/mol. The van der Waals surface area contributed by atoms with Crippen LogP contribution in [0.5, 0.6) is 5.75 Å². The van der Waals surface area contributed by atoms with Gasteiger partial charge < -0.3 is 14.3 Å². The van der Waals surface area contributed by atoms with E-state index in [9.17, 15) is 5.11 Å². The molecule has 0 aliphatic carbocycles. The Morgan fingerprint density at radius 2 is 2.06 bits per heavy atom. The summed E-state index contributed by atoms with van der Waals surface area (Å²) in [5.41, 5.74) is 1.48. The fourth-order valence-electron chi connectivity index (χ4n) is 1.71. The number of benzene rings is 1. The van der Waals surface area contributed by atoms with Crippen molar-refractivity contribution in [3.8, 4) is 5.75 Å². The lowest BCUT2D eigenvalue weighted by molar-refractivity contribution is 0.214. The molecule has 1 heterocycles. The zero-order valence-electron chi connectivity index (χ0n) is 10.3. The lowest BCUT2D eigenvalue weighted by Gasteiger charge is -2.13. The maximum absolute atomic E-state index is 10.3. The van der Waals surface area contributed by atoms with Gasteiger partial charge >= 0.3 is 0 Å². The van der Waals surface area contributed by atoms with Crippen LogP contribution in [0.1, 0.15) is 31.1 Å². The minimum absolute atomic E-state index is 0.109. The number of halogens is 1.